The van der Waals surface area contributed by atoms with E-state index in [0.29, 0.717) is 0 Å². The van der Waals surface area contributed by atoms with Gasteiger partial charge < -0.3 is 0 Å². The number of halogens is 1. The molecule has 0 spiro atoms. The summed E-state index contributed by atoms with van der Waals surface area (Å²) >= 11 is 5.83. The first-order valence-electron chi connectivity index (χ1n) is 4.76. The van der Waals surface area contributed by atoms with E-state index in [0.717, 1.165) is 16.1 Å². The zero-order chi connectivity index (χ0) is 10.7. The Hall–Kier alpha value is -1.34. The minimum atomic E-state index is 0.107. The fourth-order valence-electron chi connectivity index (χ4n) is 1.47. The van der Waals surface area contributed by atoms with Crippen LogP contribution in [0.1, 0.15) is 17.0 Å². The fourth-order valence-corrected chi connectivity index (χ4v) is 1.60. The summed E-state index contributed by atoms with van der Waals surface area (Å²) in [5.74, 6) is 0.107. The highest BCUT2D eigenvalue weighted by Gasteiger charge is 2.07. The summed E-state index contributed by atoms with van der Waals surface area (Å²) in [4.78, 5) is 4.08. The van der Waals surface area contributed by atoms with Crippen molar-refractivity contribution in [2.75, 3.05) is 0 Å². The van der Waals surface area contributed by atoms with Crippen LogP contribution in [0.2, 0.25) is 5.02 Å². The number of rotatable bonds is 2. The quantitative estimate of drug-likeness (QED) is 0.746. The molecule has 0 saturated heterocycles. The van der Waals surface area contributed by atoms with Gasteiger partial charge >= 0.3 is 0 Å². The lowest BCUT2D eigenvalue weighted by atomic mass is 9.95. The van der Waals surface area contributed by atoms with Crippen LogP contribution in [-0.2, 0) is 0 Å². The number of hydrogen-bond acceptors (Lipinski definition) is 1. The molecule has 2 aromatic rings. The van der Waals surface area contributed by atoms with Crippen molar-refractivity contribution in [1.82, 2.24) is 4.98 Å². The molecule has 1 atom stereocenters. The highest BCUT2D eigenvalue weighted by Crippen LogP contribution is 2.23. The van der Waals surface area contributed by atoms with E-state index in [9.17, 15) is 0 Å². The van der Waals surface area contributed by atoms with E-state index in [1.54, 1.807) is 6.20 Å². The predicted molar refractivity (Wildman–Crippen MR) is 62.9 cm³/mol. The van der Waals surface area contributed by atoms with Crippen LogP contribution in [0.5, 0.6) is 0 Å². The minimum Gasteiger partial charge on any atom is -0.264 e. The number of nitrogens with zero attached hydrogens (tertiary/aromatic N) is 1. The maximum absolute atomic E-state index is 5.83. The van der Waals surface area contributed by atoms with Crippen LogP contribution in [0.3, 0.4) is 0 Å². The first-order valence-corrected chi connectivity index (χ1v) is 5.13. The second-order valence-corrected chi connectivity index (χ2v) is 3.83. The molecule has 2 rings (SSSR count). The minimum absolute atomic E-state index is 0.107. The van der Waals surface area contributed by atoms with Gasteiger partial charge in [-0.3, -0.25) is 4.98 Å². The normalized spacial score (nSPS) is 12.4. The molecule has 15 heavy (non-hydrogen) atoms. The molecule has 1 aromatic heterocycles. The molecule has 0 aliphatic heterocycles. The summed E-state index contributed by atoms with van der Waals surface area (Å²) in [6.07, 6.45) is 3.60. The number of pyridine rings is 1. The van der Waals surface area contributed by atoms with Gasteiger partial charge in [0.1, 0.15) is 0 Å². The highest BCUT2D eigenvalue weighted by molar-refractivity contribution is 6.30. The van der Waals surface area contributed by atoms with Gasteiger partial charge in [-0.15, -0.1) is 0 Å². The largest absolute Gasteiger partial charge is 0.264 e. The maximum Gasteiger partial charge on any atom is 0.0406 e. The molecule has 0 saturated carbocycles. The van der Waals surface area contributed by atoms with Crippen LogP contribution < -0.4 is 0 Å². The Morgan fingerprint density at radius 2 is 1.80 bits per heavy atom. The van der Waals surface area contributed by atoms with Crippen LogP contribution in [-0.4, -0.2) is 4.98 Å². The van der Waals surface area contributed by atoms with Crippen molar-refractivity contribution in [1.29, 1.82) is 0 Å². The summed E-state index contributed by atoms with van der Waals surface area (Å²) in [5, 5.41) is 0.747. The van der Waals surface area contributed by atoms with Crippen molar-refractivity contribution in [2.24, 2.45) is 0 Å². The molecule has 0 N–H and O–H groups in total. The predicted octanol–water partition coefficient (Wildman–Crippen LogP) is 3.70. The van der Waals surface area contributed by atoms with Crippen molar-refractivity contribution in [2.45, 2.75) is 5.92 Å². The average molecular weight is 217 g/mol. The molecule has 1 unspecified atom stereocenters. The van der Waals surface area contributed by atoms with E-state index in [2.05, 4.69) is 11.9 Å². The SMILES string of the molecule is [CH2]C(c1ccc(Cl)cc1)c1cccnc1. The second kappa shape index (κ2) is 4.45. The van der Waals surface area contributed by atoms with Gasteiger partial charge in [-0.1, -0.05) is 29.8 Å². The third-order valence-electron chi connectivity index (χ3n) is 2.36. The van der Waals surface area contributed by atoms with Gasteiger partial charge in [0, 0.05) is 23.3 Å². The number of benzene rings is 1. The molecule has 0 aliphatic carbocycles. The molecule has 1 nitrogen and oxygen atoms in total. The van der Waals surface area contributed by atoms with Gasteiger partial charge in [-0.05, 0) is 36.2 Å². The van der Waals surface area contributed by atoms with E-state index < -0.39 is 0 Å². The lowest BCUT2D eigenvalue weighted by Crippen LogP contribution is -1.96. The molecule has 1 aromatic carbocycles. The van der Waals surface area contributed by atoms with E-state index >= 15 is 0 Å². The second-order valence-electron chi connectivity index (χ2n) is 3.39. The van der Waals surface area contributed by atoms with E-state index in [1.165, 1.54) is 0 Å². The van der Waals surface area contributed by atoms with Gasteiger partial charge in [-0.2, -0.15) is 0 Å². The smallest absolute Gasteiger partial charge is 0.0406 e. The lowest BCUT2D eigenvalue weighted by molar-refractivity contribution is 1.00. The Labute approximate surface area is 94.7 Å². The lowest BCUT2D eigenvalue weighted by Gasteiger charge is -2.11. The Kier molecular flexibility index (Phi) is 3.02. The maximum atomic E-state index is 5.83. The molecule has 2 heteroatoms. The summed E-state index contributed by atoms with van der Waals surface area (Å²) < 4.78 is 0. The Balaban J connectivity index is 2.29. The zero-order valence-electron chi connectivity index (χ0n) is 8.23. The zero-order valence-corrected chi connectivity index (χ0v) is 8.98. The van der Waals surface area contributed by atoms with Gasteiger partial charge in [0.2, 0.25) is 0 Å². The first-order chi connectivity index (χ1) is 7.27. The molecule has 75 valence electrons. The molecular weight excluding hydrogens is 206 g/mol. The van der Waals surface area contributed by atoms with Crippen LogP contribution in [0, 0.1) is 6.92 Å². The third-order valence-corrected chi connectivity index (χ3v) is 2.61. The molecule has 0 bridgehead atoms. The molecule has 1 radical (unpaired) electrons. The average Bonchev–Trinajstić information content (AvgIpc) is 2.30. The van der Waals surface area contributed by atoms with Gasteiger partial charge in [0.15, 0.2) is 0 Å². The Bertz CT molecular complexity index is 422. The fraction of sp³-hybridized carbons (Fsp3) is 0.0769. The van der Waals surface area contributed by atoms with Crippen molar-refractivity contribution in [3.8, 4) is 0 Å². The topological polar surface area (TPSA) is 12.9 Å². The van der Waals surface area contributed by atoms with Crippen molar-refractivity contribution in [3.05, 3.63) is 71.9 Å². The summed E-state index contributed by atoms with van der Waals surface area (Å²) in [6.45, 7) is 4.13. The summed E-state index contributed by atoms with van der Waals surface area (Å²) in [6, 6.07) is 11.7. The standard InChI is InChI=1S/C13H11ClN/c1-10(12-3-2-8-15-9-12)11-4-6-13(14)7-5-11/h2-10H,1H2. The van der Waals surface area contributed by atoms with Gasteiger partial charge in [-0.25, -0.2) is 0 Å². The van der Waals surface area contributed by atoms with E-state index in [4.69, 9.17) is 11.6 Å². The third kappa shape index (κ3) is 2.37. The summed E-state index contributed by atoms with van der Waals surface area (Å²) in [5.41, 5.74) is 2.26. The number of aromatic nitrogens is 1. The van der Waals surface area contributed by atoms with Crippen LogP contribution in [0.4, 0.5) is 0 Å². The number of hydrogen-bond donors (Lipinski definition) is 0. The molecule has 1 heterocycles. The molecule has 0 aliphatic rings. The molecule has 0 amide bonds. The van der Waals surface area contributed by atoms with Crippen LogP contribution in [0.15, 0.2) is 48.8 Å². The van der Waals surface area contributed by atoms with E-state index in [-0.39, 0.29) is 5.92 Å². The first kappa shape index (κ1) is 10.2. The van der Waals surface area contributed by atoms with Gasteiger partial charge in [0.25, 0.3) is 0 Å². The molecular formula is C13H11ClN. The molecule has 0 fully saturated rings. The van der Waals surface area contributed by atoms with Crippen molar-refractivity contribution >= 4 is 11.6 Å². The van der Waals surface area contributed by atoms with Gasteiger partial charge in [0.05, 0.1) is 0 Å². The Morgan fingerprint density at radius 1 is 1.07 bits per heavy atom. The highest BCUT2D eigenvalue weighted by atomic mass is 35.5. The monoisotopic (exact) mass is 216 g/mol. The Morgan fingerprint density at radius 3 is 2.40 bits per heavy atom. The van der Waals surface area contributed by atoms with Crippen LogP contribution >= 0.6 is 11.6 Å². The van der Waals surface area contributed by atoms with Crippen LogP contribution in [0.25, 0.3) is 0 Å². The summed E-state index contributed by atoms with van der Waals surface area (Å²) in [7, 11) is 0. The van der Waals surface area contributed by atoms with E-state index in [1.807, 2.05) is 42.6 Å². The van der Waals surface area contributed by atoms with Crippen molar-refractivity contribution < 1.29 is 0 Å². The van der Waals surface area contributed by atoms with Crippen molar-refractivity contribution in [3.63, 3.8) is 0 Å².